The molecule has 0 amide bonds. The number of benzene rings is 1. The molecule has 0 N–H and O–H groups in total. The van der Waals surface area contributed by atoms with Crippen LogP contribution >= 0.6 is 0 Å². The first kappa shape index (κ1) is 20.3. The number of nitrogens with zero attached hydrogens (tertiary/aromatic N) is 4. The van der Waals surface area contributed by atoms with Crippen molar-refractivity contribution in [3.63, 3.8) is 0 Å². The average molecular weight is 445 g/mol. The smallest absolute Gasteiger partial charge is 0.294 e. The number of hydrogen-bond acceptors (Lipinski definition) is 4. The SMILES string of the molecule is O=c1c(N2C=CC2)nc2ccccc2n1[C@H]1C[C@H]2CCC[C@@H](C1)N2[C@H]1C[C@@H]2CCC[C@@H](C2)C1. The van der Waals surface area contributed by atoms with E-state index in [0.717, 1.165) is 48.3 Å². The fourth-order valence-corrected chi connectivity index (χ4v) is 8.19. The third-order valence-electron chi connectivity index (χ3n) is 9.53. The Hall–Kier alpha value is -2.14. The standard InChI is InChI=1S/C28H36N4O/c33-28-27(30-12-5-13-30)29-25-10-1-2-11-26(25)32(28)24-17-21-8-4-9-22(18-24)31(21)23-15-19-6-3-7-20(14-19)16-23/h1-2,5,10-12,19-24H,3-4,6-9,13-18H2/t19-,20+,21-,22+,23+,24+. The Labute approximate surface area is 196 Å². The van der Waals surface area contributed by atoms with E-state index in [1.165, 1.54) is 57.8 Å². The van der Waals surface area contributed by atoms with Crippen molar-refractivity contribution in [2.75, 3.05) is 11.4 Å². The van der Waals surface area contributed by atoms with E-state index in [2.05, 4.69) is 33.7 Å². The molecule has 1 aromatic heterocycles. The minimum atomic E-state index is 0.0989. The van der Waals surface area contributed by atoms with Gasteiger partial charge in [-0.15, -0.1) is 0 Å². The molecule has 5 nitrogen and oxygen atoms in total. The highest BCUT2D eigenvalue weighted by Crippen LogP contribution is 2.47. The van der Waals surface area contributed by atoms with E-state index in [0.29, 0.717) is 17.9 Å². The molecule has 4 fully saturated rings. The Balaban J connectivity index is 1.23. The van der Waals surface area contributed by atoms with E-state index >= 15 is 0 Å². The predicted molar refractivity (Wildman–Crippen MR) is 132 cm³/mol. The van der Waals surface area contributed by atoms with Crippen LogP contribution in [0.3, 0.4) is 0 Å². The molecule has 174 valence electrons. The van der Waals surface area contributed by atoms with Crippen molar-refractivity contribution in [3.05, 3.63) is 46.9 Å². The molecule has 5 heteroatoms. The summed E-state index contributed by atoms with van der Waals surface area (Å²) in [6, 6.07) is 10.6. The molecule has 33 heavy (non-hydrogen) atoms. The van der Waals surface area contributed by atoms with Gasteiger partial charge in [-0.25, -0.2) is 4.98 Å². The second-order valence-electron chi connectivity index (χ2n) is 11.5. The monoisotopic (exact) mass is 444 g/mol. The zero-order chi connectivity index (χ0) is 21.9. The van der Waals surface area contributed by atoms with Gasteiger partial charge in [-0.1, -0.05) is 37.8 Å². The predicted octanol–water partition coefficient (Wildman–Crippen LogP) is 5.26. The summed E-state index contributed by atoms with van der Waals surface area (Å²) in [5, 5.41) is 0. The molecule has 2 saturated heterocycles. The van der Waals surface area contributed by atoms with Crippen molar-refractivity contribution in [1.29, 1.82) is 0 Å². The van der Waals surface area contributed by atoms with Gasteiger partial charge in [0.2, 0.25) is 0 Å². The fraction of sp³-hybridized carbons (Fsp3) is 0.643. The van der Waals surface area contributed by atoms with Gasteiger partial charge in [0, 0.05) is 36.9 Å². The summed E-state index contributed by atoms with van der Waals surface area (Å²) < 4.78 is 2.14. The highest BCUT2D eigenvalue weighted by Gasteiger charge is 2.45. The van der Waals surface area contributed by atoms with Gasteiger partial charge in [0.15, 0.2) is 5.82 Å². The number of aromatic nitrogens is 2. The first-order valence-corrected chi connectivity index (χ1v) is 13.5. The van der Waals surface area contributed by atoms with Crippen molar-refractivity contribution >= 4 is 16.9 Å². The third-order valence-corrected chi connectivity index (χ3v) is 9.53. The van der Waals surface area contributed by atoms with E-state index in [4.69, 9.17) is 4.98 Å². The van der Waals surface area contributed by atoms with Crippen molar-refractivity contribution in [3.8, 4) is 0 Å². The molecule has 0 unspecified atom stereocenters. The van der Waals surface area contributed by atoms with Crippen molar-refractivity contribution in [1.82, 2.24) is 14.5 Å². The van der Waals surface area contributed by atoms with E-state index in [9.17, 15) is 4.79 Å². The number of fused-ring (bicyclic) bond motifs is 5. The van der Waals surface area contributed by atoms with Crippen LogP contribution in [0.1, 0.15) is 76.7 Å². The zero-order valence-electron chi connectivity index (χ0n) is 19.6. The van der Waals surface area contributed by atoms with Gasteiger partial charge in [-0.3, -0.25) is 9.69 Å². The van der Waals surface area contributed by atoms with E-state index in [1.54, 1.807) is 0 Å². The van der Waals surface area contributed by atoms with Crippen molar-refractivity contribution in [2.24, 2.45) is 11.8 Å². The molecule has 2 aromatic rings. The minimum Gasteiger partial charge on any atom is -0.325 e. The molecule has 4 heterocycles. The maximum atomic E-state index is 13.8. The van der Waals surface area contributed by atoms with Gasteiger partial charge in [0.1, 0.15) is 0 Å². The van der Waals surface area contributed by atoms with Crippen molar-refractivity contribution in [2.45, 2.75) is 94.8 Å². The molecule has 0 radical (unpaired) electrons. The molecule has 2 saturated carbocycles. The Morgan fingerprint density at radius 2 is 1.48 bits per heavy atom. The molecule has 6 atom stereocenters. The summed E-state index contributed by atoms with van der Waals surface area (Å²) in [6.45, 7) is 0.786. The maximum Gasteiger partial charge on any atom is 0.294 e. The Morgan fingerprint density at radius 1 is 0.788 bits per heavy atom. The quantitative estimate of drug-likeness (QED) is 0.648. The van der Waals surface area contributed by atoms with Gasteiger partial charge in [0.05, 0.1) is 11.0 Å². The van der Waals surface area contributed by atoms with Crippen LogP contribution in [0.5, 0.6) is 0 Å². The van der Waals surface area contributed by atoms with Crippen LogP contribution in [0, 0.1) is 11.8 Å². The second-order valence-corrected chi connectivity index (χ2v) is 11.5. The summed E-state index contributed by atoms with van der Waals surface area (Å²) in [5.41, 5.74) is 2.06. The first-order chi connectivity index (χ1) is 16.2. The molecule has 4 bridgehead atoms. The summed E-state index contributed by atoms with van der Waals surface area (Å²) in [6.07, 6.45) is 19.0. The average Bonchev–Trinajstić information content (AvgIpc) is 2.77. The molecule has 3 aliphatic heterocycles. The molecular formula is C28H36N4O. The van der Waals surface area contributed by atoms with Gasteiger partial charge < -0.3 is 9.47 Å². The molecule has 1 aromatic carbocycles. The van der Waals surface area contributed by atoms with Crippen LogP contribution in [-0.4, -0.2) is 39.1 Å². The molecule has 0 spiro atoms. The van der Waals surface area contributed by atoms with Gasteiger partial charge in [0.25, 0.3) is 5.56 Å². The molecule has 7 rings (SSSR count). The lowest BCUT2D eigenvalue weighted by atomic mass is 9.68. The number of para-hydroxylation sites is 2. The highest BCUT2D eigenvalue weighted by atomic mass is 16.1. The third kappa shape index (κ3) is 3.38. The van der Waals surface area contributed by atoms with Crippen LogP contribution < -0.4 is 10.5 Å². The Bertz CT molecular complexity index is 1110. The van der Waals surface area contributed by atoms with Crippen LogP contribution in [0.4, 0.5) is 5.82 Å². The number of piperidine rings is 2. The fourth-order valence-electron chi connectivity index (χ4n) is 8.19. The second kappa shape index (κ2) is 7.97. The van der Waals surface area contributed by atoms with Crippen LogP contribution in [0.2, 0.25) is 0 Å². The summed E-state index contributed by atoms with van der Waals surface area (Å²) >= 11 is 0. The van der Waals surface area contributed by atoms with E-state index in [1.807, 2.05) is 17.2 Å². The topological polar surface area (TPSA) is 41.4 Å². The van der Waals surface area contributed by atoms with Crippen molar-refractivity contribution < 1.29 is 0 Å². The van der Waals surface area contributed by atoms with Gasteiger partial charge in [-0.05, 0) is 75.0 Å². The Kier molecular flexibility index (Phi) is 4.89. The summed E-state index contributed by atoms with van der Waals surface area (Å²) in [7, 11) is 0. The normalized spacial score (nSPS) is 36.1. The van der Waals surface area contributed by atoms with Gasteiger partial charge in [-0.2, -0.15) is 0 Å². The van der Waals surface area contributed by atoms with E-state index < -0.39 is 0 Å². The lowest BCUT2D eigenvalue weighted by molar-refractivity contribution is -0.0485. The highest BCUT2D eigenvalue weighted by molar-refractivity contribution is 5.77. The minimum absolute atomic E-state index is 0.0989. The van der Waals surface area contributed by atoms with Crippen LogP contribution in [-0.2, 0) is 0 Å². The molecule has 2 aliphatic carbocycles. The zero-order valence-corrected chi connectivity index (χ0v) is 19.6. The maximum absolute atomic E-state index is 13.8. The Morgan fingerprint density at radius 3 is 2.18 bits per heavy atom. The van der Waals surface area contributed by atoms with Crippen LogP contribution in [0.25, 0.3) is 11.0 Å². The number of anilines is 1. The largest absolute Gasteiger partial charge is 0.325 e. The lowest BCUT2D eigenvalue weighted by Gasteiger charge is -2.55. The number of hydrogen-bond donors (Lipinski definition) is 0. The number of rotatable bonds is 3. The summed E-state index contributed by atoms with van der Waals surface area (Å²) in [5.74, 6) is 2.54. The molecule has 5 aliphatic rings. The van der Waals surface area contributed by atoms with E-state index in [-0.39, 0.29) is 11.6 Å². The summed E-state index contributed by atoms with van der Waals surface area (Å²) in [4.78, 5) is 23.5. The first-order valence-electron chi connectivity index (χ1n) is 13.5. The van der Waals surface area contributed by atoms with Crippen LogP contribution in [0.15, 0.2) is 41.3 Å². The lowest BCUT2D eigenvalue weighted by Crippen LogP contribution is -2.58. The molecular weight excluding hydrogens is 408 g/mol. The van der Waals surface area contributed by atoms with Gasteiger partial charge >= 0.3 is 0 Å².